The van der Waals surface area contributed by atoms with Gasteiger partial charge >= 0.3 is 6.09 Å². The van der Waals surface area contributed by atoms with E-state index in [0.717, 1.165) is 10.1 Å². The van der Waals surface area contributed by atoms with E-state index in [-0.39, 0.29) is 29.9 Å². The Morgan fingerprint density at radius 3 is 2.28 bits per heavy atom. The van der Waals surface area contributed by atoms with E-state index >= 15 is 0 Å². The monoisotopic (exact) mass is 588 g/mol. The van der Waals surface area contributed by atoms with Crippen LogP contribution in [-0.2, 0) is 28.1 Å². The van der Waals surface area contributed by atoms with Crippen molar-refractivity contribution in [1.82, 2.24) is 25.1 Å². The molecule has 0 radical (unpaired) electrons. The number of aliphatic hydroxyl groups excluding tert-OH is 1. The van der Waals surface area contributed by atoms with Gasteiger partial charge in [0.1, 0.15) is 24.7 Å². The van der Waals surface area contributed by atoms with E-state index in [9.17, 15) is 19.5 Å². The number of ether oxygens (including phenoxy) is 1. The van der Waals surface area contributed by atoms with Crippen molar-refractivity contribution >= 4 is 17.7 Å². The van der Waals surface area contributed by atoms with Gasteiger partial charge in [-0.2, -0.15) is 0 Å². The Hall–Kier alpha value is -4.84. The topological polar surface area (TPSA) is 161 Å². The lowest BCUT2D eigenvalue weighted by molar-refractivity contribution is -0.124. The number of carbonyl (C=O) groups is 2. The van der Waals surface area contributed by atoms with Crippen LogP contribution in [0.4, 0.5) is 10.5 Å². The third kappa shape index (κ3) is 7.92. The summed E-state index contributed by atoms with van der Waals surface area (Å²) in [7, 11) is 0. The van der Waals surface area contributed by atoms with Gasteiger partial charge in [-0.15, -0.1) is 10.2 Å². The molecule has 0 aliphatic heterocycles. The fourth-order valence-electron chi connectivity index (χ4n) is 4.21. The number of hydrogen-bond donors (Lipinski definition) is 3. The van der Waals surface area contributed by atoms with E-state index in [4.69, 9.17) is 9.15 Å². The molecule has 4 aromatic rings. The van der Waals surface area contributed by atoms with Crippen molar-refractivity contribution in [2.45, 2.75) is 65.3 Å². The van der Waals surface area contributed by atoms with Gasteiger partial charge in [-0.25, -0.2) is 9.78 Å². The lowest BCUT2D eigenvalue weighted by atomic mass is 9.97. The molecule has 2 unspecified atom stereocenters. The first-order valence-electron chi connectivity index (χ1n) is 13.9. The number of aromatic nitrogens is 4. The third-order valence-electron chi connectivity index (χ3n) is 6.55. The van der Waals surface area contributed by atoms with Crippen molar-refractivity contribution in [3.63, 3.8) is 0 Å². The molecule has 12 heteroatoms. The maximum Gasteiger partial charge on any atom is 0.412 e. The fraction of sp³-hybridized carbons (Fsp3) is 0.355. The minimum absolute atomic E-state index is 0.00893. The van der Waals surface area contributed by atoms with E-state index < -0.39 is 41.7 Å². The number of nitrogens with one attached hydrogen (secondary N) is 2. The van der Waals surface area contributed by atoms with Gasteiger partial charge < -0.3 is 19.6 Å². The van der Waals surface area contributed by atoms with Gasteiger partial charge in [0.2, 0.25) is 17.7 Å². The third-order valence-corrected chi connectivity index (χ3v) is 6.55. The maximum absolute atomic E-state index is 13.6. The lowest BCUT2D eigenvalue weighted by Gasteiger charge is -2.26. The molecule has 2 heterocycles. The second kappa shape index (κ2) is 13.4. The number of aliphatic hydroxyl groups is 1. The number of rotatable bonds is 10. The van der Waals surface area contributed by atoms with Crippen LogP contribution < -0.4 is 16.2 Å². The van der Waals surface area contributed by atoms with Crippen molar-refractivity contribution < 1.29 is 23.8 Å². The van der Waals surface area contributed by atoms with Crippen LogP contribution in [0.5, 0.6) is 0 Å². The van der Waals surface area contributed by atoms with Crippen molar-refractivity contribution in [2.75, 3.05) is 5.32 Å². The van der Waals surface area contributed by atoms with Gasteiger partial charge in [-0.1, -0.05) is 95.3 Å². The van der Waals surface area contributed by atoms with E-state index in [1.54, 1.807) is 36.4 Å². The van der Waals surface area contributed by atoms with Gasteiger partial charge in [0.15, 0.2) is 6.10 Å². The van der Waals surface area contributed by atoms with Crippen LogP contribution in [-0.4, -0.2) is 42.9 Å². The number of nitrogens with zero attached hydrogens (tertiary/aromatic N) is 4. The molecule has 0 aliphatic rings. The molecule has 2 atom stereocenters. The maximum atomic E-state index is 13.6. The molecule has 2 aromatic carbocycles. The highest BCUT2D eigenvalue weighted by atomic mass is 16.5. The van der Waals surface area contributed by atoms with E-state index in [1.807, 2.05) is 58.9 Å². The van der Waals surface area contributed by atoms with Crippen LogP contribution in [0.15, 0.2) is 76.1 Å². The Morgan fingerprint density at radius 2 is 1.67 bits per heavy atom. The van der Waals surface area contributed by atoms with Crippen LogP contribution >= 0.6 is 0 Å². The van der Waals surface area contributed by atoms with Crippen LogP contribution in [0, 0.1) is 5.92 Å². The zero-order valence-corrected chi connectivity index (χ0v) is 24.8. The molecule has 0 bridgehead atoms. The second-order valence-electron chi connectivity index (χ2n) is 11.4. The predicted octanol–water partition coefficient (Wildman–Crippen LogP) is 4.21. The average molecular weight is 589 g/mol. The zero-order valence-electron chi connectivity index (χ0n) is 24.8. The van der Waals surface area contributed by atoms with Gasteiger partial charge in [-0.3, -0.25) is 19.5 Å². The Bertz CT molecular complexity index is 1590. The fourth-order valence-corrected chi connectivity index (χ4v) is 4.21. The molecule has 226 valence electrons. The van der Waals surface area contributed by atoms with Crippen LogP contribution in [0.25, 0.3) is 11.4 Å². The van der Waals surface area contributed by atoms with Crippen molar-refractivity contribution in [3.05, 3.63) is 94.6 Å². The molecule has 43 heavy (non-hydrogen) atoms. The molecule has 12 nitrogen and oxygen atoms in total. The Balaban J connectivity index is 1.56. The first-order valence-corrected chi connectivity index (χ1v) is 13.9. The molecule has 3 N–H and O–H groups in total. The first-order chi connectivity index (χ1) is 20.4. The summed E-state index contributed by atoms with van der Waals surface area (Å²) in [4.78, 5) is 43.8. The molecular formula is C31H36N6O6. The highest BCUT2D eigenvalue weighted by Gasteiger charge is 2.32. The van der Waals surface area contributed by atoms with E-state index in [1.165, 1.54) is 6.20 Å². The summed E-state index contributed by atoms with van der Waals surface area (Å²) in [5, 5.41) is 24.3. The molecular weight excluding hydrogens is 552 g/mol. The average Bonchev–Trinajstić information content (AvgIpc) is 3.49. The SMILES string of the molecule is CC(C)C(NC(=O)Cn1c(-c2ccccc2)ncc(NC(=O)OCc2ccccc2)c1=O)C(O)c1nnc(C(C)(C)C)o1. The number of anilines is 1. The molecule has 4 rings (SSSR count). The Kier molecular flexibility index (Phi) is 9.71. The highest BCUT2D eigenvalue weighted by Crippen LogP contribution is 2.26. The smallest absolute Gasteiger partial charge is 0.412 e. The standard InChI is InChI=1S/C31H36N6O6/c1-19(2)24(25(39)27-35-36-29(43-27)31(3,4)5)34-23(38)17-37-26(21-14-10-7-11-15-21)32-16-22(28(37)40)33-30(41)42-18-20-12-8-6-9-13-20/h6-16,19,24-25,39H,17-18H2,1-5H3,(H,33,41)(H,34,38). The van der Waals surface area contributed by atoms with Crippen LogP contribution in [0.3, 0.4) is 0 Å². The van der Waals surface area contributed by atoms with Crippen molar-refractivity contribution in [2.24, 2.45) is 5.92 Å². The molecule has 2 amide bonds. The summed E-state index contributed by atoms with van der Waals surface area (Å²) in [6.45, 7) is 8.92. The summed E-state index contributed by atoms with van der Waals surface area (Å²) >= 11 is 0. The molecule has 2 aromatic heterocycles. The first kappa shape index (κ1) is 31.1. The molecule has 0 aliphatic carbocycles. The Labute approximate surface area is 249 Å². The second-order valence-corrected chi connectivity index (χ2v) is 11.4. The zero-order chi connectivity index (χ0) is 31.1. The van der Waals surface area contributed by atoms with Crippen LogP contribution in [0.2, 0.25) is 0 Å². The van der Waals surface area contributed by atoms with Gasteiger partial charge in [0.05, 0.1) is 12.2 Å². The lowest BCUT2D eigenvalue weighted by Crippen LogP contribution is -2.45. The largest absolute Gasteiger partial charge is 0.444 e. The summed E-state index contributed by atoms with van der Waals surface area (Å²) in [6.07, 6.45) is -0.905. The minimum atomic E-state index is -1.29. The molecule has 0 fully saturated rings. The Morgan fingerprint density at radius 1 is 1.02 bits per heavy atom. The predicted molar refractivity (Wildman–Crippen MR) is 159 cm³/mol. The number of benzene rings is 2. The van der Waals surface area contributed by atoms with Crippen molar-refractivity contribution in [1.29, 1.82) is 0 Å². The van der Waals surface area contributed by atoms with E-state index in [0.29, 0.717) is 11.5 Å². The number of amides is 2. The normalized spacial score (nSPS) is 12.9. The van der Waals surface area contributed by atoms with Gasteiger partial charge in [-0.05, 0) is 11.5 Å². The quantitative estimate of drug-likeness (QED) is 0.246. The highest BCUT2D eigenvalue weighted by molar-refractivity contribution is 5.84. The minimum Gasteiger partial charge on any atom is -0.444 e. The summed E-state index contributed by atoms with van der Waals surface area (Å²) in [6, 6.07) is 17.2. The summed E-state index contributed by atoms with van der Waals surface area (Å²) in [5.41, 5.74) is 0.130. The molecule has 0 spiro atoms. The number of hydrogen-bond acceptors (Lipinski definition) is 9. The van der Waals surface area contributed by atoms with E-state index in [2.05, 4.69) is 25.8 Å². The van der Waals surface area contributed by atoms with Gasteiger partial charge in [0, 0.05) is 11.0 Å². The van der Waals surface area contributed by atoms with Gasteiger partial charge in [0.25, 0.3) is 5.56 Å². The molecule has 0 saturated heterocycles. The summed E-state index contributed by atoms with van der Waals surface area (Å²) in [5.74, 6) is -0.254. The van der Waals surface area contributed by atoms with Crippen LogP contribution in [0.1, 0.15) is 58.1 Å². The summed E-state index contributed by atoms with van der Waals surface area (Å²) < 4.78 is 12.1. The number of carbonyl (C=O) groups excluding carboxylic acids is 2. The molecule has 0 saturated carbocycles. The van der Waals surface area contributed by atoms with Crippen molar-refractivity contribution in [3.8, 4) is 11.4 Å².